The van der Waals surface area contributed by atoms with Crippen LogP contribution in [-0.4, -0.2) is 27.6 Å². The van der Waals surface area contributed by atoms with Crippen LogP contribution in [0.5, 0.6) is 0 Å². The van der Waals surface area contributed by atoms with Crippen molar-refractivity contribution in [2.75, 3.05) is 0 Å². The van der Waals surface area contributed by atoms with Crippen molar-refractivity contribution in [2.45, 2.75) is 123 Å². The monoisotopic (exact) mass is 458 g/mol. The average molecular weight is 459 g/mol. The molecule has 4 aliphatic rings. The summed E-state index contributed by atoms with van der Waals surface area (Å²) in [5.41, 5.74) is -2.84. The number of hydrogen-bond donors (Lipinski definition) is 2. The fourth-order valence-corrected chi connectivity index (χ4v) is 9.26. The number of alkyl halides is 3. The molecule has 0 bridgehead atoms. The molecule has 0 heterocycles. The van der Waals surface area contributed by atoms with Crippen molar-refractivity contribution < 1.29 is 23.4 Å². The molecule has 0 aromatic carbocycles. The molecule has 4 rings (SSSR count). The molecule has 4 saturated carbocycles. The molecule has 2 N–H and O–H groups in total. The summed E-state index contributed by atoms with van der Waals surface area (Å²) in [5, 5.41) is 20.6. The number of rotatable bonds is 4. The van der Waals surface area contributed by atoms with Crippen LogP contribution < -0.4 is 0 Å². The molecule has 2 nitrogen and oxygen atoms in total. The van der Waals surface area contributed by atoms with Crippen molar-refractivity contribution in [1.29, 1.82) is 0 Å². The van der Waals surface area contributed by atoms with Crippen molar-refractivity contribution in [3.8, 4) is 0 Å². The zero-order valence-electron chi connectivity index (χ0n) is 20.8. The summed E-state index contributed by atoms with van der Waals surface area (Å²) in [7, 11) is 0. The van der Waals surface area contributed by atoms with Crippen molar-refractivity contribution in [1.82, 2.24) is 0 Å². The van der Waals surface area contributed by atoms with E-state index in [9.17, 15) is 23.4 Å². The molecule has 4 aliphatic carbocycles. The molecule has 0 radical (unpaired) electrons. The van der Waals surface area contributed by atoms with E-state index in [1.807, 2.05) is 13.8 Å². The van der Waals surface area contributed by atoms with Gasteiger partial charge in [-0.2, -0.15) is 13.2 Å². The van der Waals surface area contributed by atoms with Crippen molar-refractivity contribution in [3.05, 3.63) is 0 Å². The lowest BCUT2D eigenvalue weighted by molar-refractivity contribution is -0.290. The van der Waals surface area contributed by atoms with Gasteiger partial charge in [0.05, 0.1) is 5.60 Å². The second-order valence-corrected chi connectivity index (χ2v) is 13.4. The van der Waals surface area contributed by atoms with Crippen LogP contribution >= 0.6 is 0 Å². The highest BCUT2D eigenvalue weighted by molar-refractivity contribution is 5.11. The summed E-state index contributed by atoms with van der Waals surface area (Å²) < 4.78 is 40.7. The normalized spacial score (nSPS) is 48.0. The Labute approximate surface area is 192 Å². The van der Waals surface area contributed by atoms with Gasteiger partial charge in [0, 0.05) is 0 Å². The van der Waals surface area contributed by atoms with Gasteiger partial charge in [0.15, 0.2) is 5.60 Å². The Hall–Kier alpha value is -0.290. The fraction of sp³-hybridized carbons (Fsp3) is 1.00. The Bertz CT molecular complexity index is 700. The molecular weight excluding hydrogens is 413 g/mol. The van der Waals surface area contributed by atoms with Gasteiger partial charge in [0.2, 0.25) is 0 Å². The van der Waals surface area contributed by atoms with Crippen LogP contribution in [0.25, 0.3) is 0 Å². The molecule has 9 atom stereocenters. The SMILES string of the molecule is C[C@H](CCC(C)(C)O)[C@H]1CC[C@H]2[C@@H]3CC[C@H]4C[C@](O)(C(F)(F)F)CC[C@]4(C)[C@H]3CC[C@]12C. The van der Waals surface area contributed by atoms with Crippen LogP contribution in [0.1, 0.15) is 105 Å². The molecule has 0 amide bonds. The van der Waals surface area contributed by atoms with Gasteiger partial charge in [-0.15, -0.1) is 0 Å². The predicted octanol–water partition coefficient (Wildman–Crippen LogP) is 7.13. The first-order chi connectivity index (χ1) is 14.6. The first-order valence-electron chi connectivity index (χ1n) is 13.1. The Morgan fingerprint density at radius 3 is 2.19 bits per heavy atom. The van der Waals surface area contributed by atoms with Gasteiger partial charge in [-0.05, 0) is 131 Å². The van der Waals surface area contributed by atoms with Gasteiger partial charge in [-0.3, -0.25) is 0 Å². The van der Waals surface area contributed by atoms with Crippen molar-refractivity contribution in [3.63, 3.8) is 0 Å². The lowest BCUT2D eigenvalue weighted by Gasteiger charge is -2.62. The summed E-state index contributed by atoms with van der Waals surface area (Å²) in [5.74, 6) is 3.06. The van der Waals surface area contributed by atoms with Crippen molar-refractivity contribution in [2.24, 2.45) is 46.3 Å². The van der Waals surface area contributed by atoms with E-state index in [4.69, 9.17) is 0 Å². The number of hydrogen-bond acceptors (Lipinski definition) is 2. The highest BCUT2D eigenvalue weighted by atomic mass is 19.4. The molecule has 0 spiro atoms. The number of halogens is 3. The van der Waals surface area contributed by atoms with Crippen LogP contribution in [0, 0.1) is 46.3 Å². The first-order valence-corrected chi connectivity index (χ1v) is 13.1. The van der Waals surface area contributed by atoms with E-state index >= 15 is 0 Å². The molecular formula is C27H45F3O2. The van der Waals surface area contributed by atoms with E-state index in [0.717, 1.165) is 32.1 Å². The minimum atomic E-state index is -4.52. The first kappa shape index (κ1) is 24.8. The lowest BCUT2D eigenvalue weighted by atomic mass is 9.43. The zero-order valence-corrected chi connectivity index (χ0v) is 20.8. The largest absolute Gasteiger partial charge is 0.417 e. The molecule has 5 heteroatoms. The van der Waals surface area contributed by atoms with Gasteiger partial charge < -0.3 is 10.2 Å². The topological polar surface area (TPSA) is 40.5 Å². The van der Waals surface area contributed by atoms with Gasteiger partial charge in [0.1, 0.15) is 0 Å². The standard InChI is InChI=1S/C27H45F3O2/c1-17(10-12-23(2,3)31)20-8-9-21-19-7-6-18-16-26(32,27(28,29)30)15-14-24(18,4)22(19)11-13-25(20,21)5/h17-22,31-32H,6-16H2,1-5H3/t17-,18+,19+,20-,21+,22+,24+,25-,26+/m1/s1. The van der Waals surface area contributed by atoms with Crippen LogP contribution in [0.3, 0.4) is 0 Å². The molecule has 32 heavy (non-hydrogen) atoms. The van der Waals surface area contributed by atoms with E-state index in [1.165, 1.54) is 19.3 Å². The average Bonchev–Trinajstić information content (AvgIpc) is 3.02. The summed E-state index contributed by atoms with van der Waals surface area (Å²) >= 11 is 0. The summed E-state index contributed by atoms with van der Waals surface area (Å²) in [4.78, 5) is 0. The zero-order chi connectivity index (χ0) is 23.7. The minimum Gasteiger partial charge on any atom is -0.390 e. The Morgan fingerprint density at radius 1 is 0.906 bits per heavy atom. The fourth-order valence-electron chi connectivity index (χ4n) is 9.26. The molecule has 186 valence electrons. The summed E-state index contributed by atoms with van der Waals surface area (Å²) in [6.07, 6.45) is 4.32. The van der Waals surface area contributed by atoms with Gasteiger partial charge in [-0.1, -0.05) is 20.8 Å². The molecule has 4 fully saturated rings. The Balaban J connectivity index is 1.49. The maximum atomic E-state index is 13.6. The van der Waals surface area contributed by atoms with E-state index in [0.29, 0.717) is 41.4 Å². The van der Waals surface area contributed by atoms with E-state index < -0.39 is 17.4 Å². The molecule has 0 aromatic heterocycles. The molecule has 0 aliphatic heterocycles. The van der Waals surface area contributed by atoms with Crippen LogP contribution in [0.4, 0.5) is 13.2 Å². The molecule has 0 unspecified atom stereocenters. The van der Waals surface area contributed by atoms with Crippen molar-refractivity contribution >= 4 is 0 Å². The maximum Gasteiger partial charge on any atom is 0.417 e. The van der Waals surface area contributed by atoms with Crippen LogP contribution in [-0.2, 0) is 0 Å². The smallest absolute Gasteiger partial charge is 0.390 e. The van der Waals surface area contributed by atoms with Gasteiger partial charge >= 0.3 is 6.18 Å². The van der Waals surface area contributed by atoms with E-state index in [1.54, 1.807) is 0 Å². The lowest BCUT2D eigenvalue weighted by Crippen LogP contribution is -2.59. The highest BCUT2D eigenvalue weighted by Crippen LogP contribution is 2.69. The Morgan fingerprint density at radius 2 is 1.56 bits per heavy atom. The summed E-state index contributed by atoms with van der Waals surface area (Å²) in [6.45, 7) is 10.9. The second kappa shape index (κ2) is 7.86. The second-order valence-electron chi connectivity index (χ2n) is 13.4. The Kier molecular flexibility index (Phi) is 6.10. The number of fused-ring (bicyclic) bond motifs is 5. The van der Waals surface area contributed by atoms with Gasteiger partial charge in [0.25, 0.3) is 0 Å². The van der Waals surface area contributed by atoms with Crippen LogP contribution in [0.2, 0.25) is 0 Å². The maximum absolute atomic E-state index is 13.6. The predicted molar refractivity (Wildman–Crippen MR) is 121 cm³/mol. The third-order valence-corrected chi connectivity index (χ3v) is 11.2. The molecule has 0 aromatic rings. The number of aliphatic hydroxyl groups is 2. The third-order valence-electron chi connectivity index (χ3n) is 11.2. The van der Waals surface area contributed by atoms with E-state index in [2.05, 4.69) is 20.8 Å². The molecule has 0 saturated heterocycles. The quantitative estimate of drug-likeness (QED) is 0.471. The highest BCUT2D eigenvalue weighted by Gasteiger charge is 2.65. The van der Waals surface area contributed by atoms with E-state index in [-0.39, 0.29) is 24.2 Å². The summed E-state index contributed by atoms with van der Waals surface area (Å²) in [6, 6.07) is 0. The minimum absolute atomic E-state index is 0.0172. The third kappa shape index (κ3) is 3.95. The van der Waals surface area contributed by atoms with Gasteiger partial charge in [-0.25, -0.2) is 0 Å². The van der Waals surface area contributed by atoms with Crippen LogP contribution in [0.15, 0.2) is 0 Å².